The summed E-state index contributed by atoms with van der Waals surface area (Å²) in [6.45, 7) is 4.31. The van der Waals surface area contributed by atoms with Crippen LogP contribution in [0, 0.1) is 12.7 Å². The first-order valence-corrected chi connectivity index (χ1v) is 11.2. The number of carbonyl (C=O) groups is 1. The molecule has 1 amide bonds. The van der Waals surface area contributed by atoms with Gasteiger partial charge >= 0.3 is 0 Å². The molecule has 1 atom stereocenters. The monoisotopic (exact) mass is 495 g/mol. The molecule has 0 aromatic carbocycles. The number of aryl methyl sites for hydroxylation is 1. The van der Waals surface area contributed by atoms with Gasteiger partial charge in [-0.3, -0.25) is 14.4 Å². The number of pyridine rings is 1. The molecule has 3 rings (SSSR count). The smallest absolute Gasteiger partial charge is 0.248 e. The third-order valence-corrected chi connectivity index (χ3v) is 4.84. The Bertz CT molecular complexity index is 1310. The number of aliphatic hydroxyl groups excluding tert-OH is 1. The van der Waals surface area contributed by atoms with E-state index in [1.54, 1.807) is 25.3 Å². The summed E-state index contributed by atoms with van der Waals surface area (Å²) in [6.07, 6.45) is 9.58. The molecule has 0 aliphatic heterocycles. The van der Waals surface area contributed by atoms with Crippen LogP contribution in [0.15, 0.2) is 53.7 Å². The van der Waals surface area contributed by atoms with Crippen molar-refractivity contribution in [1.29, 1.82) is 0 Å². The Morgan fingerprint density at radius 3 is 2.81 bits per heavy atom. The van der Waals surface area contributed by atoms with Crippen LogP contribution in [-0.2, 0) is 4.79 Å². The summed E-state index contributed by atoms with van der Waals surface area (Å²) < 4.78 is 16.3. The second-order valence-corrected chi connectivity index (χ2v) is 8.39. The average Bonchev–Trinajstić information content (AvgIpc) is 3.14. The predicted molar refractivity (Wildman–Crippen MR) is 139 cm³/mol. The lowest BCUT2D eigenvalue weighted by molar-refractivity contribution is -0.111. The Hall–Kier alpha value is -4.16. The number of halogens is 1. The van der Waals surface area contributed by atoms with Crippen LogP contribution in [0.5, 0.6) is 0 Å². The summed E-state index contributed by atoms with van der Waals surface area (Å²) in [4.78, 5) is 30.9. The molecule has 0 aliphatic carbocycles. The number of hydrogen-bond donors (Lipinski definition) is 4. The highest BCUT2D eigenvalue weighted by atomic mass is 19.1. The summed E-state index contributed by atoms with van der Waals surface area (Å²) in [5.41, 5.74) is 7.79. The van der Waals surface area contributed by atoms with Gasteiger partial charge in [0.25, 0.3) is 0 Å². The maximum Gasteiger partial charge on any atom is 0.248 e. The Kier molecular flexibility index (Phi) is 8.81. The fourth-order valence-corrected chi connectivity index (χ4v) is 3.19. The van der Waals surface area contributed by atoms with E-state index in [1.807, 2.05) is 25.9 Å². The van der Waals surface area contributed by atoms with Gasteiger partial charge in [0, 0.05) is 36.6 Å². The van der Waals surface area contributed by atoms with Crippen LogP contribution in [0.25, 0.3) is 16.9 Å². The predicted octanol–water partition coefficient (Wildman–Crippen LogP) is 1.98. The van der Waals surface area contributed by atoms with Crippen LogP contribution in [0.2, 0.25) is 0 Å². The van der Waals surface area contributed by atoms with E-state index in [9.17, 15) is 14.3 Å². The van der Waals surface area contributed by atoms with E-state index in [0.29, 0.717) is 23.6 Å². The van der Waals surface area contributed by atoms with E-state index in [-0.39, 0.29) is 24.2 Å². The summed E-state index contributed by atoms with van der Waals surface area (Å²) in [6, 6.07) is 1.78. The first-order chi connectivity index (χ1) is 17.2. The summed E-state index contributed by atoms with van der Waals surface area (Å²) >= 11 is 0. The van der Waals surface area contributed by atoms with Crippen molar-refractivity contribution in [2.75, 3.05) is 37.8 Å². The SMILES string of the molecule is Cc1cn(-c2nc(N/C(C=NC[C@@H](C)O)=C/N)ncc2F)c2ncc(NC(=O)/C=C/CN(C)C)cc12. The summed E-state index contributed by atoms with van der Waals surface area (Å²) in [5, 5.41) is 15.7. The number of amides is 1. The molecule has 11 nitrogen and oxygen atoms in total. The standard InChI is InChI=1S/C24H30FN9O2/c1-15-14-34(22-19(15)8-17(12-28-22)30-21(36)6-5-7-33(3)4)23-20(25)13-29-24(32-23)31-18(9-26)11-27-10-16(2)35/h5-6,8-9,11-14,16,35H,7,10,26H2,1-4H3,(H,30,36)(H,29,31,32)/b6-5+,18-9+,27-11?/t16-/m1/s1. The maximum atomic E-state index is 14.8. The highest BCUT2D eigenvalue weighted by Crippen LogP contribution is 2.26. The van der Waals surface area contributed by atoms with Crippen LogP contribution in [-0.4, -0.2) is 74.9 Å². The largest absolute Gasteiger partial charge is 0.403 e. The molecule has 0 saturated carbocycles. The molecule has 0 unspecified atom stereocenters. The molecule has 190 valence electrons. The van der Waals surface area contributed by atoms with Crippen molar-refractivity contribution >= 4 is 34.8 Å². The van der Waals surface area contributed by atoms with Crippen LogP contribution in [0.3, 0.4) is 0 Å². The number of nitrogens with two attached hydrogens (primary N) is 1. The molecule has 12 heteroatoms. The van der Waals surface area contributed by atoms with Crippen molar-refractivity contribution in [3.8, 4) is 5.82 Å². The Labute approximate surface area is 208 Å². The van der Waals surface area contributed by atoms with Gasteiger partial charge in [0.15, 0.2) is 11.6 Å². The second-order valence-electron chi connectivity index (χ2n) is 8.39. The molecule has 3 aromatic rings. The number of anilines is 2. The first kappa shape index (κ1) is 26.4. The van der Waals surface area contributed by atoms with E-state index in [0.717, 1.165) is 17.1 Å². The van der Waals surface area contributed by atoms with Crippen molar-refractivity contribution in [3.05, 3.63) is 60.1 Å². The van der Waals surface area contributed by atoms with E-state index >= 15 is 0 Å². The zero-order valence-corrected chi connectivity index (χ0v) is 20.6. The number of likely N-dealkylation sites (N-methyl/N-ethyl adjacent to an activating group) is 1. The van der Waals surface area contributed by atoms with E-state index in [1.165, 1.54) is 29.3 Å². The molecular weight excluding hydrogens is 465 g/mol. The second kappa shape index (κ2) is 12.0. The number of nitrogens with one attached hydrogen (secondary N) is 2. The minimum atomic E-state index is -0.649. The van der Waals surface area contributed by atoms with E-state index in [4.69, 9.17) is 5.73 Å². The van der Waals surface area contributed by atoms with Crippen LogP contribution in [0.1, 0.15) is 12.5 Å². The zero-order valence-electron chi connectivity index (χ0n) is 20.6. The molecule has 3 heterocycles. The number of aliphatic hydroxyl groups is 1. The minimum absolute atomic E-state index is 0.0150. The van der Waals surface area contributed by atoms with Gasteiger partial charge in [0.2, 0.25) is 11.9 Å². The van der Waals surface area contributed by atoms with Gasteiger partial charge in [-0.25, -0.2) is 14.4 Å². The molecule has 0 saturated heterocycles. The molecule has 0 aliphatic rings. The fraction of sp³-hybridized carbons (Fsp3) is 0.292. The number of hydrogen-bond acceptors (Lipinski definition) is 9. The van der Waals surface area contributed by atoms with Crippen molar-refractivity contribution < 1.29 is 14.3 Å². The van der Waals surface area contributed by atoms with Crippen molar-refractivity contribution in [3.63, 3.8) is 0 Å². The molecule has 0 spiro atoms. The third kappa shape index (κ3) is 6.93. The molecule has 0 radical (unpaired) electrons. The number of fused-ring (bicyclic) bond motifs is 1. The van der Waals surface area contributed by atoms with Crippen molar-refractivity contribution in [2.24, 2.45) is 10.7 Å². The number of nitrogens with zero attached hydrogens (tertiary/aromatic N) is 6. The van der Waals surface area contributed by atoms with Gasteiger partial charge in [0.1, 0.15) is 5.65 Å². The number of rotatable bonds is 10. The zero-order chi connectivity index (χ0) is 26.2. The van der Waals surface area contributed by atoms with Crippen molar-refractivity contribution in [1.82, 2.24) is 24.4 Å². The quantitative estimate of drug-likeness (QED) is 0.247. The van der Waals surface area contributed by atoms with Gasteiger partial charge in [-0.15, -0.1) is 0 Å². The Morgan fingerprint density at radius 1 is 1.33 bits per heavy atom. The average molecular weight is 496 g/mol. The number of aromatic nitrogens is 4. The van der Waals surface area contributed by atoms with Crippen LogP contribution in [0.4, 0.5) is 16.0 Å². The normalized spacial score (nSPS) is 13.2. The number of carbonyl (C=O) groups excluding carboxylic acids is 1. The number of aliphatic imine (C=N–C) groups is 1. The molecule has 0 bridgehead atoms. The van der Waals surface area contributed by atoms with E-state index in [2.05, 4.69) is 30.6 Å². The van der Waals surface area contributed by atoms with Gasteiger partial charge in [0.05, 0.1) is 36.4 Å². The van der Waals surface area contributed by atoms with Gasteiger partial charge < -0.3 is 26.4 Å². The lowest BCUT2D eigenvalue weighted by Crippen LogP contribution is -2.13. The summed E-state index contributed by atoms with van der Waals surface area (Å²) in [7, 11) is 3.82. The molecular formula is C24H30FN9O2. The molecule has 5 N–H and O–H groups in total. The lowest BCUT2D eigenvalue weighted by Gasteiger charge is -2.09. The van der Waals surface area contributed by atoms with Crippen molar-refractivity contribution in [2.45, 2.75) is 20.0 Å². The topological polar surface area (TPSA) is 147 Å². The van der Waals surface area contributed by atoms with Gasteiger partial charge in [-0.05, 0) is 39.6 Å². The summed E-state index contributed by atoms with van der Waals surface area (Å²) in [5.74, 6) is -0.838. The highest BCUT2D eigenvalue weighted by Gasteiger charge is 2.16. The highest BCUT2D eigenvalue weighted by molar-refractivity contribution is 6.00. The first-order valence-electron chi connectivity index (χ1n) is 11.2. The Balaban J connectivity index is 1.86. The van der Waals surface area contributed by atoms with E-state index < -0.39 is 11.9 Å². The molecule has 0 fully saturated rings. The van der Waals surface area contributed by atoms with Crippen LogP contribution < -0.4 is 16.4 Å². The third-order valence-electron chi connectivity index (χ3n) is 4.84. The fourth-order valence-electron chi connectivity index (χ4n) is 3.19. The van der Waals surface area contributed by atoms with Gasteiger partial charge in [-0.2, -0.15) is 4.98 Å². The molecule has 3 aromatic heterocycles. The molecule has 36 heavy (non-hydrogen) atoms. The van der Waals surface area contributed by atoms with Gasteiger partial charge in [-0.1, -0.05) is 6.08 Å². The Morgan fingerprint density at radius 2 is 2.11 bits per heavy atom. The van der Waals surface area contributed by atoms with Crippen LogP contribution >= 0.6 is 0 Å². The lowest BCUT2D eigenvalue weighted by atomic mass is 10.2. The maximum absolute atomic E-state index is 14.8. The minimum Gasteiger partial charge on any atom is -0.403 e. The number of allylic oxidation sites excluding steroid dienone is 1.